The van der Waals surface area contributed by atoms with Gasteiger partial charge in [0.05, 0.1) is 6.07 Å². The molecule has 2 aromatic carbocycles. The summed E-state index contributed by atoms with van der Waals surface area (Å²) in [4.78, 5) is 11.8. The summed E-state index contributed by atoms with van der Waals surface area (Å²) in [5.74, 6) is 0. The number of benzene rings is 2. The van der Waals surface area contributed by atoms with Crippen LogP contribution in [0.1, 0.15) is 17.2 Å². The van der Waals surface area contributed by atoms with E-state index in [4.69, 9.17) is 10.00 Å². The zero-order valence-corrected chi connectivity index (χ0v) is 13.6. The molecule has 2 aromatic rings. The highest BCUT2D eigenvalue weighted by Crippen LogP contribution is 2.36. The van der Waals surface area contributed by atoms with Crippen molar-refractivity contribution in [2.45, 2.75) is 23.1 Å². The van der Waals surface area contributed by atoms with E-state index in [0.717, 1.165) is 5.56 Å². The van der Waals surface area contributed by atoms with Crippen LogP contribution in [-0.4, -0.2) is 11.6 Å². The lowest BCUT2D eigenvalue weighted by atomic mass is 10.1. The number of amides is 1. The van der Waals surface area contributed by atoms with Crippen molar-refractivity contribution in [3.63, 3.8) is 0 Å². The molecule has 0 aliphatic carbocycles. The van der Waals surface area contributed by atoms with Crippen molar-refractivity contribution in [1.29, 1.82) is 5.26 Å². The molecule has 0 heterocycles. The Bertz CT molecular complexity index is 743. The van der Waals surface area contributed by atoms with Gasteiger partial charge in [0.2, 0.25) is 0 Å². The summed E-state index contributed by atoms with van der Waals surface area (Å²) in [6.45, 7) is 0.0476. The number of carbonyl (C=O) groups is 1. The second-order valence-electron chi connectivity index (χ2n) is 4.89. The largest absolute Gasteiger partial charge is 0.446 e. The minimum absolute atomic E-state index is 0.000376. The van der Waals surface area contributed by atoms with Gasteiger partial charge in [-0.05, 0) is 35.0 Å². The fourth-order valence-corrected chi connectivity index (χ4v) is 2.47. The third kappa shape index (κ3) is 6.39. The van der Waals surface area contributed by atoms with E-state index in [0.29, 0.717) is 5.56 Å². The quantitative estimate of drug-likeness (QED) is 0.773. The zero-order chi connectivity index (χ0) is 18.3. The smallest absolute Gasteiger partial charge is 0.445 e. The van der Waals surface area contributed by atoms with Gasteiger partial charge in [-0.2, -0.15) is 18.4 Å². The Morgan fingerprint density at radius 3 is 2.36 bits per heavy atom. The van der Waals surface area contributed by atoms with Crippen molar-refractivity contribution in [2.75, 3.05) is 0 Å². The van der Waals surface area contributed by atoms with Gasteiger partial charge < -0.3 is 10.1 Å². The first-order valence-electron chi connectivity index (χ1n) is 7.10. The van der Waals surface area contributed by atoms with Crippen molar-refractivity contribution in [3.05, 3.63) is 65.7 Å². The standard InChI is InChI=1S/C17H13F3N2O2S/c18-17(19,20)25-14-8-6-13(7-9-14)15(10-21)22-16(23)24-11-12-4-2-1-3-5-12/h1-9,15H,11H2,(H,22,23). The Morgan fingerprint density at radius 2 is 1.80 bits per heavy atom. The number of alkyl halides is 3. The molecular weight excluding hydrogens is 353 g/mol. The Balaban J connectivity index is 1.93. The van der Waals surface area contributed by atoms with E-state index in [1.54, 1.807) is 24.3 Å². The first-order chi connectivity index (χ1) is 11.9. The maximum atomic E-state index is 12.3. The number of thioether (sulfide) groups is 1. The third-order valence-corrected chi connectivity index (χ3v) is 3.79. The average Bonchev–Trinajstić information content (AvgIpc) is 2.58. The molecule has 1 amide bonds. The fraction of sp³-hybridized carbons (Fsp3) is 0.176. The van der Waals surface area contributed by atoms with Gasteiger partial charge in [-0.1, -0.05) is 42.5 Å². The van der Waals surface area contributed by atoms with Gasteiger partial charge in [0.25, 0.3) is 0 Å². The predicted molar refractivity (Wildman–Crippen MR) is 86.5 cm³/mol. The fourth-order valence-electron chi connectivity index (χ4n) is 1.93. The van der Waals surface area contributed by atoms with Crippen molar-refractivity contribution in [2.24, 2.45) is 0 Å². The Kier molecular flexibility index (Phi) is 6.31. The second kappa shape index (κ2) is 8.44. The number of hydrogen-bond acceptors (Lipinski definition) is 4. The van der Waals surface area contributed by atoms with Gasteiger partial charge in [0.1, 0.15) is 12.6 Å². The van der Waals surface area contributed by atoms with Crippen LogP contribution in [0.3, 0.4) is 0 Å². The van der Waals surface area contributed by atoms with Crippen LogP contribution in [-0.2, 0) is 11.3 Å². The minimum Gasteiger partial charge on any atom is -0.445 e. The summed E-state index contributed by atoms with van der Waals surface area (Å²) in [6, 6.07) is 15.1. The van der Waals surface area contributed by atoms with Gasteiger partial charge in [-0.25, -0.2) is 4.79 Å². The van der Waals surface area contributed by atoms with Crippen molar-refractivity contribution >= 4 is 17.9 Å². The molecule has 1 N–H and O–H groups in total. The molecule has 4 nitrogen and oxygen atoms in total. The highest BCUT2D eigenvalue weighted by Gasteiger charge is 2.29. The molecule has 2 rings (SSSR count). The maximum absolute atomic E-state index is 12.3. The van der Waals surface area contributed by atoms with Gasteiger partial charge >= 0.3 is 11.6 Å². The monoisotopic (exact) mass is 366 g/mol. The highest BCUT2D eigenvalue weighted by molar-refractivity contribution is 8.00. The topological polar surface area (TPSA) is 62.1 Å². The molecule has 130 valence electrons. The minimum atomic E-state index is -4.38. The average molecular weight is 366 g/mol. The summed E-state index contributed by atoms with van der Waals surface area (Å²) in [6.07, 6.45) is -0.788. The number of carbonyl (C=O) groups excluding carboxylic acids is 1. The zero-order valence-electron chi connectivity index (χ0n) is 12.8. The van der Waals surface area contributed by atoms with Crippen molar-refractivity contribution in [3.8, 4) is 6.07 Å². The van der Waals surface area contributed by atoms with E-state index in [9.17, 15) is 18.0 Å². The normalized spacial score (nSPS) is 12.1. The van der Waals surface area contributed by atoms with Crippen LogP contribution in [0.15, 0.2) is 59.5 Å². The lowest BCUT2D eigenvalue weighted by Gasteiger charge is -2.13. The van der Waals surface area contributed by atoms with E-state index >= 15 is 0 Å². The first kappa shape index (κ1) is 18.7. The Morgan fingerprint density at radius 1 is 1.16 bits per heavy atom. The molecule has 1 unspecified atom stereocenters. The predicted octanol–water partition coefficient (Wildman–Crippen LogP) is 4.79. The van der Waals surface area contributed by atoms with Crippen molar-refractivity contribution in [1.82, 2.24) is 5.32 Å². The summed E-state index contributed by atoms with van der Waals surface area (Å²) in [5, 5.41) is 11.5. The van der Waals surface area contributed by atoms with Crippen LogP contribution in [0.2, 0.25) is 0 Å². The van der Waals surface area contributed by atoms with E-state index in [1.807, 2.05) is 12.1 Å². The number of nitrogens with one attached hydrogen (secondary N) is 1. The molecule has 0 bridgehead atoms. The van der Waals surface area contributed by atoms with Gasteiger partial charge in [-0.3, -0.25) is 0 Å². The number of hydrogen-bond donors (Lipinski definition) is 1. The summed E-state index contributed by atoms with van der Waals surface area (Å²) in [7, 11) is 0. The molecule has 0 saturated heterocycles. The van der Waals surface area contributed by atoms with E-state index in [2.05, 4.69) is 5.32 Å². The third-order valence-electron chi connectivity index (χ3n) is 3.05. The maximum Gasteiger partial charge on any atom is 0.446 e. The first-order valence-corrected chi connectivity index (χ1v) is 7.91. The molecule has 0 spiro atoms. The lowest BCUT2D eigenvalue weighted by molar-refractivity contribution is -0.0328. The Labute approximate surface area is 146 Å². The molecule has 1 atom stereocenters. The molecule has 0 aromatic heterocycles. The molecule has 0 radical (unpaired) electrons. The molecule has 25 heavy (non-hydrogen) atoms. The summed E-state index contributed by atoms with van der Waals surface area (Å²) < 4.78 is 41.9. The van der Waals surface area contributed by atoms with E-state index in [1.165, 1.54) is 24.3 Å². The number of nitrogens with zero attached hydrogens (tertiary/aromatic N) is 1. The molecule has 0 aliphatic rings. The molecule has 0 aliphatic heterocycles. The molecular formula is C17H13F3N2O2S. The van der Waals surface area contributed by atoms with Crippen LogP contribution in [0.25, 0.3) is 0 Å². The SMILES string of the molecule is N#CC(NC(=O)OCc1ccccc1)c1ccc(SC(F)(F)F)cc1. The van der Waals surface area contributed by atoms with Gasteiger partial charge in [0.15, 0.2) is 0 Å². The number of halogens is 3. The molecule has 0 fully saturated rings. The van der Waals surface area contributed by atoms with Crippen LogP contribution in [0.4, 0.5) is 18.0 Å². The number of rotatable bonds is 5. The van der Waals surface area contributed by atoms with Crippen LogP contribution >= 0.6 is 11.8 Å². The summed E-state index contributed by atoms with van der Waals surface area (Å²) in [5.41, 5.74) is -3.22. The number of alkyl carbamates (subject to hydrolysis) is 1. The van der Waals surface area contributed by atoms with Gasteiger partial charge in [0, 0.05) is 4.90 Å². The van der Waals surface area contributed by atoms with Crippen molar-refractivity contribution < 1.29 is 22.7 Å². The van der Waals surface area contributed by atoms with Crippen LogP contribution in [0.5, 0.6) is 0 Å². The lowest BCUT2D eigenvalue weighted by Crippen LogP contribution is -2.28. The molecule has 0 saturated carbocycles. The van der Waals surface area contributed by atoms with Gasteiger partial charge in [-0.15, -0.1) is 0 Å². The van der Waals surface area contributed by atoms with E-state index < -0.39 is 17.6 Å². The summed E-state index contributed by atoms with van der Waals surface area (Å²) >= 11 is -0.247. The van der Waals surface area contributed by atoms with Crippen LogP contribution < -0.4 is 5.32 Å². The second-order valence-corrected chi connectivity index (χ2v) is 6.02. The number of ether oxygens (including phenoxy) is 1. The van der Waals surface area contributed by atoms with Crippen LogP contribution in [0, 0.1) is 11.3 Å². The Hall–Kier alpha value is -2.66. The number of nitriles is 1. The highest BCUT2D eigenvalue weighted by atomic mass is 32.2. The van der Waals surface area contributed by atoms with E-state index in [-0.39, 0.29) is 23.3 Å². The molecule has 8 heteroatoms.